The summed E-state index contributed by atoms with van der Waals surface area (Å²) in [6.45, 7) is 6.40. The van der Waals surface area contributed by atoms with Gasteiger partial charge in [0, 0.05) is 56.9 Å². The highest BCUT2D eigenvalue weighted by molar-refractivity contribution is 7.89. The number of carbonyl (C=O) groups is 1. The molecule has 0 radical (unpaired) electrons. The number of benzene rings is 2. The van der Waals surface area contributed by atoms with Crippen LogP contribution < -0.4 is 15.4 Å². The molecule has 1 amide bonds. The monoisotopic (exact) mass is 590 g/mol. The lowest BCUT2D eigenvalue weighted by Gasteiger charge is -2.37. The molecule has 2 aliphatic rings. The standard InChI is InChI=1S/C31H35FN6O3S/c1-4-8-28(23(5-2)21-33)36-13-11-24(12-14-36)35-27-20-25(22(3)19-26(27)32)31(39)38-17-15-37(16-18-38)29-9-6-7-10-30(29)42(34,40)41/h1,5-10,19-20,24,35H,11-18H2,2-3H3,(H2,34,40,41)/b23-5-,28-8+. The summed E-state index contributed by atoms with van der Waals surface area (Å²) in [6.07, 6.45) is 10.2. The number of hydrogen-bond donors (Lipinski definition) is 2. The van der Waals surface area contributed by atoms with Crippen molar-refractivity contribution in [3.63, 3.8) is 0 Å². The zero-order chi connectivity index (χ0) is 30.4. The molecule has 2 aromatic carbocycles. The van der Waals surface area contributed by atoms with E-state index in [1.807, 2.05) is 4.90 Å². The number of nitrogens with zero attached hydrogens (tertiary/aromatic N) is 4. The lowest BCUT2D eigenvalue weighted by atomic mass is 10.0. The first-order valence-electron chi connectivity index (χ1n) is 13.8. The summed E-state index contributed by atoms with van der Waals surface area (Å²) in [5.41, 5.74) is 2.97. The highest BCUT2D eigenvalue weighted by Gasteiger charge is 2.28. The van der Waals surface area contributed by atoms with Gasteiger partial charge in [0.25, 0.3) is 5.91 Å². The van der Waals surface area contributed by atoms with E-state index < -0.39 is 15.8 Å². The lowest BCUT2D eigenvalue weighted by Crippen LogP contribution is -2.49. The third kappa shape index (κ3) is 6.76. The van der Waals surface area contributed by atoms with Gasteiger partial charge in [-0.3, -0.25) is 4.79 Å². The highest BCUT2D eigenvalue weighted by Crippen LogP contribution is 2.28. The number of likely N-dealkylation sites (tertiary alicyclic amines) is 1. The molecule has 0 saturated carbocycles. The molecular formula is C31H35FN6O3S. The van der Waals surface area contributed by atoms with Crippen LogP contribution in [0.25, 0.3) is 0 Å². The SMILES string of the molecule is C#C/C=C(\C(C#N)=C/C)N1CCC(Nc2cc(C(=O)N3CCN(c4ccccc4S(N)(=O)=O)CC3)c(C)cc2F)CC1. The molecule has 0 aromatic heterocycles. The van der Waals surface area contributed by atoms with Crippen LogP contribution in [0, 0.1) is 36.4 Å². The molecule has 0 bridgehead atoms. The zero-order valence-corrected chi connectivity index (χ0v) is 24.6. The first-order valence-corrected chi connectivity index (χ1v) is 15.3. The summed E-state index contributed by atoms with van der Waals surface area (Å²) >= 11 is 0. The molecule has 4 rings (SSSR count). The Morgan fingerprint density at radius 2 is 1.79 bits per heavy atom. The number of para-hydroxylation sites is 1. The van der Waals surface area contributed by atoms with Gasteiger partial charge in [-0.1, -0.05) is 24.1 Å². The first kappa shape index (κ1) is 30.6. The molecule has 2 fully saturated rings. The number of anilines is 2. The molecule has 0 atom stereocenters. The van der Waals surface area contributed by atoms with Gasteiger partial charge in [0.2, 0.25) is 10.0 Å². The number of piperidine rings is 1. The van der Waals surface area contributed by atoms with Crippen molar-refractivity contribution in [3.8, 4) is 18.4 Å². The van der Waals surface area contributed by atoms with Crippen LogP contribution in [-0.4, -0.2) is 69.4 Å². The summed E-state index contributed by atoms with van der Waals surface area (Å²) in [4.78, 5) is 19.2. The number of nitriles is 1. The van der Waals surface area contributed by atoms with Crippen molar-refractivity contribution in [1.82, 2.24) is 9.80 Å². The molecule has 2 aromatic rings. The molecule has 2 saturated heterocycles. The van der Waals surface area contributed by atoms with Gasteiger partial charge in [0.05, 0.1) is 22.6 Å². The Hall–Kier alpha value is -4.32. The van der Waals surface area contributed by atoms with Crippen LogP contribution in [0.4, 0.5) is 15.8 Å². The van der Waals surface area contributed by atoms with Gasteiger partial charge in [-0.25, -0.2) is 17.9 Å². The number of terminal acetylenes is 1. The van der Waals surface area contributed by atoms with E-state index in [0.717, 1.165) is 0 Å². The second-order valence-electron chi connectivity index (χ2n) is 10.4. The summed E-state index contributed by atoms with van der Waals surface area (Å²) in [7, 11) is -3.89. The zero-order valence-electron chi connectivity index (χ0n) is 23.8. The smallest absolute Gasteiger partial charge is 0.254 e. The highest BCUT2D eigenvalue weighted by atomic mass is 32.2. The Bertz CT molecular complexity index is 1590. The third-order valence-corrected chi connectivity index (χ3v) is 8.68. The number of nitrogens with one attached hydrogen (secondary N) is 1. The first-order chi connectivity index (χ1) is 20.1. The fourth-order valence-electron chi connectivity index (χ4n) is 5.47. The number of rotatable bonds is 7. The average Bonchev–Trinajstić information content (AvgIpc) is 2.98. The number of halogens is 1. The number of carbonyl (C=O) groups excluding carboxylic acids is 1. The van der Waals surface area contributed by atoms with Crippen LogP contribution in [0.15, 0.2) is 64.7 Å². The Kier molecular flexibility index (Phi) is 9.56. The summed E-state index contributed by atoms with van der Waals surface area (Å²) in [5, 5.41) is 18.1. The van der Waals surface area contributed by atoms with Crippen molar-refractivity contribution < 1.29 is 17.6 Å². The number of nitrogens with two attached hydrogens (primary N) is 1. The van der Waals surface area contributed by atoms with E-state index in [1.165, 1.54) is 12.1 Å². The van der Waals surface area contributed by atoms with Crippen molar-refractivity contribution in [2.24, 2.45) is 5.14 Å². The van der Waals surface area contributed by atoms with Gasteiger partial charge in [-0.05, 0) is 56.5 Å². The number of piperazine rings is 1. The maximum Gasteiger partial charge on any atom is 0.254 e. The van der Waals surface area contributed by atoms with Crippen molar-refractivity contribution >= 4 is 27.3 Å². The molecule has 220 valence electrons. The number of aryl methyl sites for hydroxylation is 1. The second-order valence-corrected chi connectivity index (χ2v) is 11.9. The van der Waals surface area contributed by atoms with E-state index in [4.69, 9.17) is 11.6 Å². The van der Waals surface area contributed by atoms with Gasteiger partial charge in [0.15, 0.2) is 0 Å². The van der Waals surface area contributed by atoms with Gasteiger partial charge in [-0.15, -0.1) is 6.42 Å². The normalized spacial score (nSPS) is 17.0. The van der Waals surface area contributed by atoms with Crippen LogP contribution in [0.2, 0.25) is 0 Å². The number of allylic oxidation sites excluding steroid dienone is 3. The molecule has 3 N–H and O–H groups in total. The number of hydrogen-bond acceptors (Lipinski definition) is 7. The molecule has 2 heterocycles. The predicted octanol–water partition coefficient (Wildman–Crippen LogP) is 3.61. The average molecular weight is 591 g/mol. The van der Waals surface area contributed by atoms with Crippen LogP contribution >= 0.6 is 0 Å². The molecule has 9 nitrogen and oxygen atoms in total. The Morgan fingerprint density at radius 3 is 2.38 bits per heavy atom. The Morgan fingerprint density at radius 1 is 1.12 bits per heavy atom. The fourth-order valence-corrected chi connectivity index (χ4v) is 6.22. The minimum absolute atomic E-state index is 0.0212. The Balaban J connectivity index is 1.42. The van der Waals surface area contributed by atoms with Crippen LogP contribution in [-0.2, 0) is 10.0 Å². The maximum atomic E-state index is 15.0. The topological polar surface area (TPSA) is 123 Å². The van der Waals surface area contributed by atoms with E-state index in [0.29, 0.717) is 80.2 Å². The third-order valence-electron chi connectivity index (χ3n) is 7.72. The quantitative estimate of drug-likeness (QED) is 0.287. The number of sulfonamides is 1. The molecule has 2 aliphatic heterocycles. The van der Waals surface area contributed by atoms with E-state index in [2.05, 4.69) is 22.2 Å². The number of amides is 1. The summed E-state index contributed by atoms with van der Waals surface area (Å²) < 4.78 is 39.1. The number of primary sulfonamides is 1. The maximum absolute atomic E-state index is 15.0. The van der Waals surface area contributed by atoms with Crippen LogP contribution in [0.5, 0.6) is 0 Å². The summed E-state index contributed by atoms with van der Waals surface area (Å²) in [6, 6.07) is 11.7. The van der Waals surface area contributed by atoms with Crippen molar-refractivity contribution in [1.29, 1.82) is 5.26 Å². The molecular weight excluding hydrogens is 555 g/mol. The predicted molar refractivity (Wildman–Crippen MR) is 162 cm³/mol. The molecule has 0 unspecified atom stereocenters. The van der Waals surface area contributed by atoms with Crippen molar-refractivity contribution in [2.75, 3.05) is 49.5 Å². The largest absolute Gasteiger partial charge is 0.380 e. The molecule has 11 heteroatoms. The second kappa shape index (κ2) is 13.1. The fraction of sp³-hybridized carbons (Fsp3) is 0.355. The molecule has 0 aliphatic carbocycles. The van der Waals surface area contributed by atoms with E-state index in [-0.39, 0.29) is 22.5 Å². The lowest BCUT2D eigenvalue weighted by molar-refractivity contribution is 0.0746. The van der Waals surface area contributed by atoms with Crippen molar-refractivity contribution in [3.05, 3.63) is 76.8 Å². The van der Waals surface area contributed by atoms with E-state index in [9.17, 15) is 18.5 Å². The Labute approximate surface area is 247 Å². The van der Waals surface area contributed by atoms with Crippen LogP contribution in [0.3, 0.4) is 0 Å². The minimum atomic E-state index is -3.89. The van der Waals surface area contributed by atoms with Gasteiger partial charge in [0.1, 0.15) is 16.8 Å². The van der Waals surface area contributed by atoms with Crippen LogP contribution in [0.1, 0.15) is 35.7 Å². The van der Waals surface area contributed by atoms with Gasteiger partial charge >= 0.3 is 0 Å². The van der Waals surface area contributed by atoms with Gasteiger partial charge in [-0.2, -0.15) is 5.26 Å². The molecule has 0 spiro atoms. The minimum Gasteiger partial charge on any atom is -0.380 e. The van der Waals surface area contributed by atoms with E-state index in [1.54, 1.807) is 55.2 Å². The van der Waals surface area contributed by atoms with Crippen molar-refractivity contribution in [2.45, 2.75) is 37.6 Å². The van der Waals surface area contributed by atoms with E-state index >= 15 is 4.39 Å². The van der Waals surface area contributed by atoms with Gasteiger partial charge < -0.3 is 20.0 Å². The summed E-state index contributed by atoms with van der Waals surface area (Å²) in [5.74, 6) is 1.88. The molecule has 42 heavy (non-hydrogen) atoms.